The number of aromatic nitrogens is 1. The molecule has 0 radical (unpaired) electrons. The van der Waals surface area contributed by atoms with Crippen molar-refractivity contribution in [3.8, 4) is 16.6 Å². The van der Waals surface area contributed by atoms with Gasteiger partial charge in [0.05, 0.1) is 39.2 Å². The zero-order valence-corrected chi connectivity index (χ0v) is 20.5. The van der Waals surface area contributed by atoms with Crippen molar-refractivity contribution in [2.24, 2.45) is 0 Å². The normalized spacial score (nSPS) is 13.5. The summed E-state index contributed by atoms with van der Waals surface area (Å²) in [6, 6.07) is 18.0. The summed E-state index contributed by atoms with van der Waals surface area (Å²) in [6.45, 7) is 1.83. The number of fused-ring (bicyclic) bond motifs is 2. The highest BCUT2D eigenvalue weighted by Gasteiger charge is 2.33. The van der Waals surface area contributed by atoms with E-state index in [0.29, 0.717) is 11.1 Å². The number of nitrogens with zero attached hydrogens (tertiary/aromatic N) is 2. The number of carbonyl (C=O) groups is 2. The van der Waals surface area contributed by atoms with Gasteiger partial charge in [-0.3, -0.25) is 9.59 Å². The summed E-state index contributed by atoms with van der Waals surface area (Å²) in [5.74, 6) is -0.953. The predicted octanol–water partition coefficient (Wildman–Crippen LogP) is 4.32. The Hall–Kier alpha value is -4.33. The molecule has 0 bridgehead atoms. The maximum absolute atomic E-state index is 13.2. The van der Waals surface area contributed by atoms with E-state index in [1.165, 1.54) is 35.6 Å². The summed E-state index contributed by atoms with van der Waals surface area (Å²) in [5.41, 5.74) is 2.21. The fourth-order valence-electron chi connectivity index (χ4n) is 3.97. The first-order valence-corrected chi connectivity index (χ1v) is 13.1. The van der Waals surface area contributed by atoms with E-state index in [-0.39, 0.29) is 33.2 Å². The molecule has 2 heterocycles. The van der Waals surface area contributed by atoms with Crippen LogP contribution in [0, 0.1) is 18.3 Å². The first kappa shape index (κ1) is 23.4. The van der Waals surface area contributed by atoms with Crippen LogP contribution < -0.4 is 10.6 Å². The molecule has 36 heavy (non-hydrogen) atoms. The van der Waals surface area contributed by atoms with E-state index in [9.17, 15) is 18.0 Å². The van der Waals surface area contributed by atoms with Crippen molar-refractivity contribution in [1.29, 1.82) is 5.26 Å². The molecular weight excluding hydrogens is 496 g/mol. The quantitative estimate of drug-likeness (QED) is 0.417. The molecule has 0 atom stereocenters. The van der Waals surface area contributed by atoms with Gasteiger partial charge in [0.15, 0.2) is 0 Å². The third kappa shape index (κ3) is 4.04. The number of thiazole rings is 1. The Bertz CT molecular complexity index is 1680. The molecule has 1 aliphatic heterocycles. The number of hydrogen-bond acceptors (Lipinski definition) is 7. The Morgan fingerprint density at radius 2 is 1.83 bits per heavy atom. The molecule has 0 spiro atoms. The number of anilines is 1. The molecular formula is C26H18N4O4S2. The lowest BCUT2D eigenvalue weighted by molar-refractivity contribution is 0.0949. The summed E-state index contributed by atoms with van der Waals surface area (Å²) in [4.78, 5) is 30.9. The van der Waals surface area contributed by atoms with Gasteiger partial charge >= 0.3 is 0 Å². The highest BCUT2D eigenvalue weighted by Crippen LogP contribution is 2.36. The van der Waals surface area contributed by atoms with E-state index in [2.05, 4.69) is 21.7 Å². The van der Waals surface area contributed by atoms with Crippen LogP contribution in [0.5, 0.6) is 0 Å². The second-order valence-corrected chi connectivity index (χ2v) is 11.1. The zero-order valence-electron chi connectivity index (χ0n) is 18.9. The minimum Gasteiger partial charge on any atom is -0.347 e. The SMILES string of the molecule is Cc1c(C(=O)NCc2cnc(-c3ccc(C#N)cc3)s2)ccc2c1NC(=O)c1ccccc1S2(=O)=O. The maximum Gasteiger partial charge on any atom is 0.257 e. The number of nitriles is 1. The lowest BCUT2D eigenvalue weighted by atomic mass is 10.1. The molecule has 0 fully saturated rings. The third-order valence-electron chi connectivity index (χ3n) is 5.86. The van der Waals surface area contributed by atoms with Gasteiger partial charge in [0.1, 0.15) is 5.01 Å². The van der Waals surface area contributed by atoms with Crippen LogP contribution >= 0.6 is 11.3 Å². The van der Waals surface area contributed by atoms with Gasteiger partial charge in [-0.2, -0.15) is 5.26 Å². The second-order valence-electron chi connectivity index (χ2n) is 8.07. The molecule has 8 nitrogen and oxygen atoms in total. The average molecular weight is 515 g/mol. The van der Waals surface area contributed by atoms with E-state index < -0.39 is 21.7 Å². The number of hydrogen-bond donors (Lipinski definition) is 2. The van der Waals surface area contributed by atoms with Crippen LogP contribution in [0.25, 0.3) is 10.6 Å². The molecule has 5 rings (SSSR count). The van der Waals surface area contributed by atoms with Gasteiger partial charge in [0.25, 0.3) is 11.8 Å². The van der Waals surface area contributed by atoms with Crippen molar-refractivity contribution in [3.63, 3.8) is 0 Å². The molecule has 0 saturated carbocycles. The average Bonchev–Trinajstić information content (AvgIpc) is 3.34. The summed E-state index contributed by atoms with van der Waals surface area (Å²) in [5, 5.41) is 15.2. The molecule has 178 valence electrons. The monoisotopic (exact) mass is 514 g/mol. The van der Waals surface area contributed by atoms with Gasteiger partial charge in [0.2, 0.25) is 9.84 Å². The van der Waals surface area contributed by atoms with Crippen molar-refractivity contribution >= 4 is 38.7 Å². The van der Waals surface area contributed by atoms with Gasteiger partial charge in [-0.15, -0.1) is 11.3 Å². The Labute approximate surface area is 211 Å². The molecule has 1 aliphatic rings. The maximum atomic E-state index is 13.2. The molecule has 4 aromatic rings. The predicted molar refractivity (Wildman–Crippen MR) is 134 cm³/mol. The van der Waals surface area contributed by atoms with Crippen LogP contribution in [0.2, 0.25) is 0 Å². The lowest BCUT2D eigenvalue weighted by Crippen LogP contribution is -2.24. The van der Waals surface area contributed by atoms with Crippen molar-refractivity contribution in [3.05, 3.63) is 94.0 Å². The van der Waals surface area contributed by atoms with Crippen molar-refractivity contribution < 1.29 is 18.0 Å². The van der Waals surface area contributed by atoms with Gasteiger partial charge in [-0.1, -0.05) is 24.3 Å². The van der Waals surface area contributed by atoms with Gasteiger partial charge in [-0.05, 0) is 48.9 Å². The Kier molecular flexibility index (Phi) is 5.88. The summed E-state index contributed by atoms with van der Waals surface area (Å²) in [6.07, 6.45) is 1.67. The molecule has 10 heteroatoms. The van der Waals surface area contributed by atoms with E-state index >= 15 is 0 Å². The molecule has 1 aromatic heterocycles. The van der Waals surface area contributed by atoms with Crippen LogP contribution in [0.1, 0.15) is 36.7 Å². The largest absolute Gasteiger partial charge is 0.347 e. The van der Waals surface area contributed by atoms with Crippen LogP contribution in [-0.2, 0) is 16.4 Å². The van der Waals surface area contributed by atoms with Gasteiger partial charge in [-0.25, -0.2) is 13.4 Å². The zero-order chi connectivity index (χ0) is 25.4. The number of sulfone groups is 1. The van der Waals surface area contributed by atoms with E-state index in [1.54, 1.807) is 37.4 Å². The summed E-state index contributed by atoms with van der Waals surface area (Å²) < 4.78 is 26.5. The Morgan fingerprint density at radius 3 is 2.58 bits per heavy atom. The summed E-state index contributed by atoms with van der Waals surface area (Å²) in [7, 11) is -3.96. The smallest absolute Gasteiger partial charge is 0.257 e. The van der Waals surface area contributed by atoms with Gasteiger partial charge < -0.3 is 10.6 Å². The number of amides is 2. The molecule has 3 aromatic carbocycles. The second kappa shape index (κ2) is 9.03. The van der Waals surface area contributed by atoms with Crippen molar-refractivity contribution in [2.45, 2.75) is 23.3 Å². The van der Waals surface area contributed by atoms with Gasteiger partial charge in [0, 0.05) is 22.2 Å². The number of carbonyl (C=O) groups excluding carboxylic acids is 2. The van der Waals surface area contributed by atoms with Crippen molar-refractivity contribution in [2.75, 3.05) is 5.32 Å². The van der Waals surface area contributed by atoms with Crippen LogP contribution in [0.15, 0.2) is 76.7 Å². The molecule has 2 amide bonds. The van der Waals surface area contributed by atoms with Crippen molar-refractivity contribution in [1.82, 2.24) is 10.3 Å². The van der Waals surface area contributed by atoms with E-state index in [4.69, 9.17) is 5.26 Å². The highest BCUT2D eigenvalue weighted by atomic mass is 32.2. The van der Waals surface area contributed by atoms with E-state index in [1.807, 2.05) is 12.1 Å². The first-order valence-electron chi connectivity index (χ1n) is 10.8. The third-order valence-corrected chi connectivity index (χ3v) is 8.76. The Balaban J connectivity index is 1.38. The minimum absolute atomic E-state index is 0.0515. The fourth-order valence-corrected chi connectivity index (χ4v) is 6.50. The molecule has 2 N–H and O–H groups in total. The number of rotatable bonds is 4. The highest BCUT2D eigenvalue weighted by molar-refractivity contribution is 7.91. The number of nitrogens with one attached hydrogen (secondary N) is 2. The molecule has 0 aliphatic carbocycles. The van der Waals surface area contributed by atoms with Crippen LogP contribution in [-0.4, -0.2) is 25.2 Å². The standard InChI is InChI=1S/C26H18N4O4S2/c1-15-19(10-11-22-23(15)30-25(32)20-4-2-3-5-21(20)36(22,33)34)24(31)28-13-18-14-29-26(35-18)17-8-6-16(12-27)7-9-17/h2-11,14H,13H2,1H3,(H,28,31)(H,30,32). The molecule has 0 saturated heterocycles. The first-order chi connectivity index (χ1) is 17.3. The Morgan fingerprint density at radius 1 is 1.08 bits per heavy atom. The lowest BCUT2D eigenvalue weighted by Gasteiger charge is -2.14. The number of benzene rings is 3. The topological polar surface area (TPSA) is 129 Å². The fraction of sp³-hybridized carbons (Fsp3) is 0.0769. The van der Waals surface area contributed by atoms with Crippen LogP contribution in [0.3, 0.4) is 0 Å². The van der Waals surface area contributed by atoms with Crippen LogP contribution in [0.4, 0.5) is 5.69 Å². The van der Waals surface area contributed by atoms with E-state index in [0.717, 1.165) is 15.4 Å². The summed E-state index contributed by atoms with van der Waals surface area (Å²) >= 11 is 1.41. The molecule has 0 unspecified atom stereocenters. The minimum atomic E-state index is -3.96.